The second kappa shape index (κ2) is 8.98. The zero-order valence-corrected chi connectivity index (χ0v) is 20.3. The number of nitrogens with zero attached hydrogens (tertiary/aromatic N) is 1. The quantitative estimate of drug-likeness (QED) is 0.595. The minimum atomic E-state index is -3.76. The van der Waals surface area contributed by atoms with Gasteiger partial charge in [0.15, 0.2) is 0 Å². The summed E-state index contributed by atoms with van der Waals surface area (Å²) in [7, 11) is -1.56. The molecule has 5 rings (SSSR count). The van der Waals surface area contributed by atoms with E-state index in [0.29, 0.717) is 11.5 Å². The first kappa shape index (κ1) is 22.8. The van der Waals surface area contributed by atoms with Gasteiger partial charge < -0.3 is 9.80 Å². The van der Waals surface area contributed by atoms with Crippen LogP contribution in [-0.4, -0.2) is 40.5 Å². The third-order valence-corrected chi connectivity index (χ3v) is 8.39. The molecule has 3 aromatic rings. The van der Waals surface area contributed by atoms with Crippen LogP contribution in [0.1, 0.15) is 39.4 Å². The Kier molecular flexibility index (Phi) is 6.02. The normalized spacial score (nSPS) is 21.7. The minimum absolute atomic E-state index is 0.0991. The van der Waals surface area contributed by atoms with E-state index in [9.17, 15) is 13.2 Å². The number of sulfonamides is 1. The number of rotatable bonds is 5. The van der Waals surface area contributed by atoms with Crippen LogP contribution in [0.4, 0.5) is 5.69 Å². The van der Waals surface area contributed by atoms with Crippen LogP contribution in [0.3, 0.4) is 0 Å². The number of piperidine rings is 1. The summed E-state index contributed by atoms with van der Waals surface area (Å²) < 4.78 is 28.6. The van der Waals surface area contributed by atoms with Crippen LogP contribution >= 0.6 is 0 Å². The lowest BCUT2D eigenvalue weighted by molar-refractivity contribution is -0.886. The SMILES string of the molecule is Cc1ccc2c(c1)[C@H]1C[NH+](C)CC[C@H]1N2C(=O)c1cccc(S(=O)(=O)NCc2ccccc2)c1. The molecule has 176 valence electrons. The first-order chi connectivity index (χ1) is 16.3. The molecule has 7 heteroatoms. The van der Waals surface area contributed by atoms with E-state index in [2.05, 4.69) is 24.8 Å². The van der Waals surface area contributed by atoms with Crippen molar-refractivity contribution in [3.05, 3.63) is 95.1 Å². The maximum absolute atomic E-state index is 13.8. The number of amides is 1. The Morgan fingerprint density at radius 2 is 1.85 bits per heavy atom. The van der Waals surface area contributed by atoms with Crippen LogP contribution in [0.25, 0.3) is 0 Å². The van der Waals surface area contributed by atoms with E-state index in [1.807, 2.05) is 47.4 Å². The van der Waals surface area contributed by atoms with Crippen LogP contribution in [-0.2, 0) is 16.6 Å². The monoisotopic (exact) mass is 476 g/mol. The summed E-state index contributed by atoms with van der Waals surface area (Å²) >= 11 is 0. The molecule has 1 saturated heterocycles. The van der Waals surface area contributed by atoms with Gasteiger partial charge >= 0.3 is 0 Å². The topological polar surface area (TPSA) is 70.9 Å². The smallest absolute Gasteiger partial charge is 0.258 e. The van der Waals surface area contributed by atoms with E-state index in [1.165, 1.54) is 28.2 Å². The van der Waals surface area contributed by atoms with Crippen LogP contribution in [0.5, 0.6) is 0 Å². The minimum Gasteiger partial charge on any atom is -0.337 e. The lowest BCUT2D eigenvalue weighted by Gasteiger charge is -2.34. The van der Waals surface area contributed by atoms with E-state index in [-0.39, 0.29) is 23.4 Å². The van der Waals surface area contributed by atoms with Crippen molar-refractivity contribution in [2.24, 2.45) is 0 Å². The number of likely N-dealkylation sites (N-methyl/N-ethyl adjacent to an activating group) is 1. The average Bonchev–Trinajstić information content (AvgIpc) is 3.16. The number of quaternary nitrogens is 1. The molecule has 3 aromatic carbocycles. The van der Waals surface area contributed by atoms with Crippen molar-refractivity contribution >= 4 is 21.6 Å². The predicted octanol–water partition coefficient (Wildman–Crippen LogP) is 2.50. The molecular weight excluding hydrogens is 446 g/mol. The number of hydrogen-bond donors (Lipinski definition) is 2. The van der Waals surface area contributed by atoms with Gasteiger partial charge in [-0.05, 0) is 42.3 Å². The lowest BCUT2D eigenvalue weighted by Crippen LogP contribution is -3.11. The van der Waals surface area contributed by atoms with Crippen molar-refractivity contribution in [3.8, 4) is 0 Å². The number of aryl methyl sites for hydroxylation is 1. The third-order valence-electron chi connectivity index (χ3n) is 6.99. The number of benzene rings is 3. The second-order valence-corrected chi connectivity index (χ2v) is 11.2. The van der Waals surface area contributed by atoms with Gasteiger partial charge in [0, 0.05) is 24.2 Å². The fourth-order valence-corrected chi connectivity index (χ4v) is 6.32. The highest BCUT2D eigenvalue weighted by Gasteiger charge is 2.45. The molecule has 6 nitrogen and oxygen atoms in total. The van der Waals surface area contributed by atoms with Crippen molar-refractivity contribution in [2.45, 2.75) is 36.7 Å². The van der Waals surface area contributed by atoms with Gasteiger partial charge in [-0.15, -0.1) is 0 Å². The Morgan fingerprint density at radius 3 is 2.65 bits per heavy atom. The van der Waals surface area contributed by atoms with Crippen molar-refractivity contribution in [3.63, 3.8) is 0 Å². The molecule has 1 amide bonds. The molecule has 0 radical (unpaired) electrons. The molecule has 2 aliphatic rings. The summed E-state index contributed by atoms with van der Waals surface area (Å²) in [4.78, 5) is 17.3. The van der Waals surface area contributed by atoms with Gasteiger partial charge in [0.1, 0.15) is 0 Å². The average molecular weight is 477 g/mol. The second-order valence-electron chi connectivity index (χ2n) is 9.45. The lowest BCUT2D eigenvalue weighted by atomic mass is 9.88. The summed E-state index contributed by atoms with van der Waals surface area (Å²) in [6, 6.07) is 22.1. The van der Waals surface area contributed by atoms with Gasteiger partial charge in [0.25, 0.3) is 5.91 Å². The molecule has 0 saturated carbocycles. The highest BCUT2D eigenvalue weighted by molar-refractivity contribution is 7.89. The first-order valence-electron chi connectivity index (χ1n) is 11.7. The number of carbonyl (C=O) groups excluding carboxylic acids is 1. The van der Waals surface area contributed by atoms with Gasteiger partial charge in [0.2, 0.25) is 10.0 Å². The maximum atomic E-state index is 13.8. The highest BCUT2D eigenvalue weighted by Crippen LogP contribution is 2.43. The molecule has 34 heavy (non-hydrogen) atoms. The van der Waals surface area contributed by atoms with Crippen LogP contribution in [0, 0.1) is 6.92 Å². The van der Waals surface area contributed by atoms with Gasteiger partial charge in [-0.3, -0.25) is 4.79 Å². The Hall–Kier alpha value is -3.00. The van der Waals surface area contributed by atoms with Gasteiger partial charge in [-0.25, -0.2) is 13.1 Å². The standard InChI is InChI=1S/C27H29N3O3S/c1-19-11-12-25-23(15-19)24-18-29(2)14-13-26(24)30(25)27(31)21-9-6-10-22(16-21)34(32,33)28-17-20-7-4-3-5-8-20/h3-12,15-16,24,26,28H,13-14,17-18H2,1-2H3/p+1/t24-,26-/m1/s1. The maximum Gasteiger partial charge on any atom is 0.258 e. The van der Waals surface area contributed by atoms with E-state index in [1.54, 1.807) is 12.1 Å². The number of hydrogen-bond acceptors (Lipinski definition) is 3. The Balaban J connectivity index is 1.44. The summed E-state index contributed by atoms with van der Waals surface area (Å²) in [5.41, 5.74) is 4.63. The fraction of sp³-hybridized carbons (Fsp3) is 0.296. The number of carbonyl (C=O) groups is 1. The molecule has 1 fully saturated rings. The Bertz CT molecular complexity index is 1320. The van der Waals surface area contributed by atoms with Crippen LogP contribution in [0.2, 0.25) is 0 Å². The summed E-state index contributed by atoms with van der Waals surface area (Å²) in [5.74, 6) is 0.157. The molecule has 2 N–H and O–H groups in total. The summed E-state index contributed by atoms with van der Waals surface area (Å²) in [6.07, 6.45) is 0.923. The number of nitrogens with one attached hydrogen (secondary N) is 2. The fourth-order valence-electron chi connectivity index (χ4n) is 5.26. The van der Waals surface area contributed by atoms with Gasteiger partial charge in [-0.2, -0.15) is 0 Å². The van der Waals surface area contributed by atoms with E-state index in [4.69, 9.17) is 0 Å². The Morgan fingerprint density at radius 1 is 1.06 bits per heavy atom. The highest BCUT2D eigenvalue weighted by atomic mass is 32.2. The Labute approximate surface area is 201 Å². The zero-order valence-electron chi connectivity index (χ0n) is 19.5. The van der Waals surface area contributed by atoms with Gasteiger partial charge in [0.05, 0.1) is 37.0 Å². The van der Waals surface area contributed by atoms with E-state index < -0.39 is 10.0 Å². The molecule has 0 aliphatic carbocycles. The molecule has 1 unspecified atom stereocenters. The van der Waals surface area contributed by atoms with E-state index >= 15 is 0 Å². The predicted molar refractivity (Wildman–Crippen MR) is 133 cm³/mol. The van der Waals surface area contributed by atoms with Crippen LogP contribution in [0.15, 0.2) is 77.7 Å². The summed E-state index contributed by atoms with van der Waals surface area (Å²) in [6.45, 7) is 4.27. The molecular formula is C27H30N3O3S+. The van der Waals surface area contributed by atoms with E-state index in [0.717, 1.165) is 30.8 Å². The molecule has 0 bridgehead atoms. The van der Waals surface area contributed by atoms with Crippen molar-refractivity contribution < 1.29 is 18.1 Å². The van der Waals surface area contributed by atoms with Crippen molar-refractivity contribution in [2.75, 3.05) is 25.0 Å². The zero-order chi connectivity index (χ0) is 23.9. The molecule has 2 heterocycles. The third kappa shape index (κ3) is 4.27. The first-order valence-corrected chi connectivity index (χ1v) is 13.2. The van der Waals surface area contributed by atoms with Crippen molar-refractivity contribution in [1.82, 2.24) is 4.72 Å². The molecule has 2 aliphatic heterocycles. The number of anilines is 1. The molecule has 0 spiro atoms. The molecule has 0 aromatic heterocycles. The van der Waals surface area contributed by atoms with Gasteiger partial charge in [-0.1, -0.05) is 54.1 Å². The van der Waals surface area contributed by atoms with Crippen LogP contribution < -0.4 is 14.5 Å². The largest absolute Gasteiger partial charge is 0.337 e. The molecule has 3 atom stereocenters. The number of fused-ring (bicyclic) bond motifs is 3. The van der Waals surface area contributed by atoms with Crippen molar-refractivity contribution in [1.29, 1.82) is 0 Å². The number of likely N-dealkylation sites (tertiary alicyclic amines) is 1. The summed E-state index contributed by atoms with van der Waals surface area (Å²) in [5, 5.41) is 0.